The third kappa shape index (κ3) is 5.91. The van der Waals surface area contributed by atoms with Gasteiger partial charge in [0.25, 0.3) is 10.1 Å². The van der Waals surface area contributed by atoms with Crippen molar-refractivity contribution in [2.45, 2.75) is 128 Å². The van der Waals surface area contributed by atoms with Crippen LogP contribution < -0.4 is 0 Å². The molecule has 0 radical (unpaired) electrons. The second-order valence-corrected chi connectivity index (χ2v) is 16.6. The van der Waals surface area contributed by atoms with Crippen LogP contribution in [-0.2, 0) is 23.8 Å². The molecule has 3 saturated carbocycles. The predicted molar refractivity (Wildman–Crippen MR) is 166 cm³/mol. The van der Waals surface area contributed by atoms with Gasteiger partial charge in [-0.3, -0.25) is 4.18 Å². The predicted octanol–water partition coefficient (Wildman–Crippen LogP) is 8.61. The van der Waals surface area contributed by atoms with Crippen LogP contribution in [0.15, 0.2) is 40.8 Å². The van der Waals surface area contributed by atoms with E-state index in [9.17, 15) is 8.42 Å². The highest BCUT2D eigenvalue weighted by molar-refractivity contribution is 7.86. The van der Waals surface area contributed by atoms with Gasteiger partial charge >= 0.3 is 0 Å². The average molecular weight is 599 g/mol. The number of aryl methyl sites for hydroxylation is 1. The van der Waals surface area contributed by atoms with Crippen LogP contribution in [0.4, 0.5) is 0 Å². The van der Waals surface area contributed by atoms with Crippen molar-refractivity contribution >= 4 is 10.1 Å². The largest absolute Gasteiger partial charge is 0.353 e. The van der Waals surface area contributed by atoms with Gasteiger partial charge < -0.3 is 9.47 Å². The first-order valence-corrected chi connectivity index (χ1v) is 18.4. The van der Waals surface area contributed by atoms with Crippen molar-refractivity contribution in [2.75, 3.05) is 13.2 Å². The van der Waals surface area contributed by atoms with Gasteiger partial charge in [-0.15, -0.1) is 0 Å². The molecule has 1 aromatic carbocycles. The molecule has 0 aromatic heterocycles. The van der Waals surface area contributed by atoms with E-state index in [1.165, 1.54) is 57.8 Å². The van der Waals surface area contributed by atoms with Crippen molar-refractivity contribution in [1.82, 2.24) is 0 Å². The smallest absolute Gasteiger partial charge is 0.296 e. The molecule has 0 N–H and O–H groups in total. The Bertz CT molecular complexity index is 1220. The Labute approximate surface area is 255 Å². The molecule has 5 aliphatic rings. The topological polar surface area (TPSA) is 61.8 Å². The summed E-state index contributed by atoms with van der Waals surface area (Å²) in [5.41, 5.74) is 3.46. The molecule has 9 atom stereocenters. The average Bonchev–Trinajstić information content (AvgIpc) is 3.33. The Morgan fingerprint density at radius 1 is 1.00 bits per heavy atom. The highest BCUT2D eigenvalue weighted by Gasteiger charge is 2.59. The molecule has 1 saturated heterocycles. The van der Waals surface area contributed by atoms with Gasteiger partial charge in [0.15, 0.2) is 6.29 Å². The van der Waals surface area contributed by atoms with Crippen LogP contribution in [0.2, 0.25) is 0 Å². The van der Waals surface area contributed by atoms with Crippen molar-refractivity contribution in [2.24, 2.45) is 40.4 Å². The summed E-state index contributed by atoms with van der Waals surface area (Å²) in [6.07, 6.45) is 18.4. The van der Waals surface area contributed by atoms with E-state index in [0.717, 1.165) is 61.5 Å². The highest BCUT2D eigenvalue weighted by atomic mass is 32.2. The molecule has 9 unspecified atom stereocenters. The highest BCUT2D eigenvalue weighted by Crippen LogP contribution is 2.67. The minimum Gasteiger partial charge on any atom is -0.353 e. The Hall–Kier alpha value is -1.21. The summed E-state index contributed by atoms with van der Waals surface area (Å²) in [6, 6.07) is 6.92. The van der Waals surface area contributed by atoms with Gasteiger partial charge in [-0.25, -0.2) is 0 Å². The first-order valence-electron chi connectivity index (χ1n) is 17.0. The minimum absolute atomic E-state index is 0.0157. The molecule has 42 heavy (non-hydrogen) atoms. The fraction of sp³-hybridized carbons (Fsp3) is 0.778. The van der Waals surface area contributed by atoms with E-state index < -0.39 is 10.1 Å². The monoisotopic (exact) mass is 598 g/mol. The van der Waals surface area contributed by atoms with Crippen LogP contribution in [0.25, 0.3) is 0 Å². The Morgan fingerprint density at radius 3 is 2.57 bits per heavy atom. The van der Waals surface area contributed by atoms with Crippen molar-refractivity contribution in [3.8, 4) is 0 Å². The van der Waals surface area contributed by atoms with E-state index in [2.05, 4.69) is 26.8 Å². The Balaban J connectivity index is 1.04. The number of hydrogen-bond donors (Lipinski definition) is 0. The molecule has 0 bridgehead atoms. The lowest BCUT2D eigenvalue weighted by molar-refractivity contribution is -0.195. The first kappa shape index (κ1) is 30.8. The van der Waals surface area contributed by atoms with Crippen molar-refractivity contribution in [3.63, 3.8) is 0 Å². The Kier molecular flexibility index (Phi) is 9.01. The van der Waals surface area contributed by atoms with Crippen LogP contribution in [0.5, 0.6) is 0 Å². The van der Waals surface area contributed by atoms with E-state index >= 15 is 0 Å². The van der Waals surface area contributed by atoms with Crippen molar-refractivity contribution < 1.29 is 22.1 Å². The molecular formula is C36H54O5S. The van der Waals surface area contributed by atoms with Gasteiger partial charge in [0, 0.05) is 6.61 Å². The molecule has 1 heterocycles. The zero-order valence-electron chi connectivity index (χ0n) is 26.5. The summed E-state index contributed by atoms with van der Waals surface area (Å²) in [6.45, 7) is 10.7. The first-order chi connectivity index (χ1) is 20.1. The van der Waals surface area contributed by atoms with E-state index in [0.29, 0.717) is 22.9 Å². The van der Waals surface area contributed by atoms with Crippen LogP contribution in [0.1, 0.15) is 110 Å². The molecule has 0 amide bonds. The van der Waals surface area contributed by atoms with Crippen LogP contribution in [0, 0.1) is 47.3 Å². The molecule has 4 fully saturated rings. The van der Waals surface area contributed by atoms with Crippen LogP contribution in [0.3, 0.4) is 0 Å². The summed E-state index contributed by atoms with van der Waals surface area (Å²) in [7, 11) is -3.68. The van der Waals surface area contributed by atoms with Gasteiger partial charge in [0.2, 0.25) is 0 Å². The number of hydrogen-bond acceptors (Lipinski definition) is 5. The zero-order valence-corrected chi connectivity index (χ0v) is 27.3. The van der Waals surface area contributed by atoms with Crippen molar-refractivity contribution in [1.29, 1.82) is 0 Å². The maximum Gasteiger partial charge on any atom is 0.296 e. The number of ether oxygens (including phenoxy) is 2. The summed E-state index contributed by atoms with van der Waals surface area (Å²) in [5.74, 6) is 3.71. The normalized spacial score (nSPS) is 39.1. The molecule has 1 aromatic rings. The molecule has 234 valence electrons. The van der Waals surface area contributed by atoms with E-state index in [-0.39, 0.29) is 17.8 Å². The number of allylic oxidation sites excluding steroid dienone is 1. The lowest BCUT2D eigenvalue weighted by Gasteiger charge is -2.58. The molecule has 6 heteroatoms. The van der Waals surface area contributed by atoms with E-state index in [1.807, 2.05) is 19.1 Å². The summed E-state index contributed by atoms with van der Waals surface area (Å²) in [5, 5.41) is 0. The number of rotatable bonds is 9. The zero-order chi connectivity index (χ0) is 29.5. The molecule has 4 aliphatic carbocycles. The second kappa shape index (κ2) is 12.3. The van der Waals surface area contributed by atoms with Gasteiger partial charge in [0.05, 0.1) is 17.6 Å². The summed E-state index contributed by atoms with van der Waals surface area (Å²) >= 11 is 0. The van der Waals surface area contributed by atoms with Crippen molar-refractivity contribution in [3.05, 3.63) is 41.5 Å². The molecule has 6 rings (SSSR count). The SMILES string of the molecule is Cc1ccc(S(=O)(=O)OCCCC(C)C2CCC3C4CC=C5CC(OC6CCCCO6)CCC5(C)C4CCC23C)cc1. The van der Waals surface area contributed by atoms with Crippen LogP contribution in [-0.4, -0.2) is 34.0 Å². The van der Waals surface area contributed by atoms with Gasteiger partial charge in [-0.05, 0) is 143 Å². The van der Waals surface area contributed by atoms with Gasteiger partial charge in [-0.2, -0.15) is 8.42 Å². The molecule has 1 aliphatic heterocycles. The van der Waals surface area contributed by atoms with E-state index in [4.69, 9.17) is 13.7 Å². The lowest BCUT2D eigenvalue weighted by Crippen LogP contribution is -2.51. The Morgan fingerprint density at radius 2 is 1.81 bits per heavy atom. The quantitative estimate of drug-likeness (QED) is 0.162. The summed E-state index contributed by atoms with van der Waals surface area (Å²) in [4.78, 5) is 0.252. The third-order valence-electron chi connectivity index (χ3n) is 12.7. The second-order valence-electron chi connectivity index (χ2n) is 15.0. The number of fused-ring (bicyclic) bond motifs is 5. The fourth-order valence-corrected chi connectivity index (χ4v) is 11.2. The van der Waals surface area contributed by atoms with Gasteiger partial charge in [-0.1, -0.05) is 50.1 Å². The molecular weight excluding hydrogens is 544 g/mol. The standard InChI is InChI=1S/C36H54O5S/c1-25-10-13-29(14-11-25)42(37,38)40-23-7-8-26(2)31-16-17-32-30-15-12-27-24-28(41-34-9-5-6-22-39-34)18-20-35(27,3)33(30)19-21-36(31,32)4/h10-14,26,28,30-34H,5-9,15-24H2,1-4H3. The third-order valence-corrected chi connectivity index (χ3v) is 14.0. The van der Waals surface area contributed by atoms with E-state index in [1.54, 1.807) is 17.7 Å². The molecule has 5 nitrogen and oxygen atoms in total. The molecule has 0 spiro atoms. The minimum atomic E-state index is -3.68. The van der Waals surface area contributed by atoms with Gasteiger partial charge in [0.1, 0.15) is 0 Å². The maximum atomic E-state index is 12.6. The summed E-state index contributed by atoms with van der Waals surface area (Å²) < 4.78 is 43.0. The number of benzene rings is 1. The van der Waals surface area contributed by atoms with Crippen LogP contribution >= 0.6 is 0 Å². The maximum absolute atomic E-state index is 12.6. The lowest BCUT2D eigenvalue weighted by atomic mass is 9.47. The fourth-order valence-electron chi connectivity index (χ4n) is 10.3.